The molecule has 0 heterocycles. The standard InChI is InChI=1S/C8H13O9P/c9-1-3-15-7(11)5-6(17-18(13)14)8(12)16-4-2-10/h6,9-10H,1-5H2/p+1. The van der Waals surface area contributed by atoms with Crippen LogP contribution in [0.15, 0.2) is 0 Å². The van der Waals surface area contributed by atoms with Gasteiger partial charge in [-0.1, -0.05) is 0 Å². The molecule has 0 fully saturated rings. The molecule has 18 heavy (non-hydrogen) atoms. The molecule has 2 unspecified atom stereocenters. The van der Waals surface area contributed by atoms with Crippen molar-refractivity contribution in [3.8, 4) is 0 Å². The van der Waals surface area contributed by atoms with Gasteiger partial charge in [-0.15, -0.1) is 9.42 Å². The maximum absolute atomic E-state index is 11.3. The third-order valence-electron chi connectivity index (χ3n) is 1.52. The van der Waals surface area contributed by atoms with Crippen molar-refractivity contribution in [3.05, 3.63) is 0 Å². The van der Waals surface area contributed by atoms with Gasteiger partial charge in [0.05, 0.1) is 19.6 Å². The van der Waals surface area contributed by atoms with Gasteiger partial charge in [0.25, 0.3) is 0 Å². The molecule has 2 atom stereocenters. The van der Waals surface area contributed by atoms with E-state index in [1.54, 1.807) is 0 Å². The van der Waals surface area contributed by atoms with Gasteiger partial charge < -0.3 is 19.7 Å². The van der Waals surface area contributed by atoms with Gasteiger partial charge in [0.15, 0.2) is 0 Å². The molecule has 0 amide bonds. The third kappa shape index (κ3) is 8.04. The maximum atomic E-state index is 11.3. The number of hydrogen-bond donors (Lipinski definition) is 3. The second kappa shape index (κ2) is 9.86. The van der Waals surface area contributed by atoms with Crippen molar-refractivity contribution in [2.24, 2.45) is 0 Å². The molecule has 0 radical (unpaired) electrons. The summed E-state index contributed by atoms with van der Waals surface area (Å²) in [7, 11) is -3.10. The van der Waals surface area contributed by atoms with Crippen LogP contribution in [-0.4, -0.2) is 59.6 Å². The molecule has 0 aliphatic rings. The van der Waals surface area contributed by atoms with Gasteiger partial charge in [0, 0.05) is 4.57 Å². The molecule has 0 saturated heterocycles. The summed E-state index contributed by atoms with van der Waals surface area (Å²) in [5.74, 6) is -1.96. The molecule has 0 aliphatic carbocycles. The average molecular weight is 285 g/mol. The number of hydrogen-bond acceptors (Lipinski definition) is 8. The van der Waals surface area contributed by atoms with Crippen LogP contribution in [0.5, 0.6) is 0 Å². The SMILES string of the molecule is O=C(CC(O[P+](=O)O)C(=O)OCCO)OCCO. The Morgan fingerprint density at radius 3 is 2.17 bits per heavy atom. The van der Waals surface area contributed by atoms with Gasteiger partial charge in [-0.3, -0.25) is 4.79 Å². The number of carbonyl (C=O) groups is 2. The molecule has 0 rings (SSSR count). The Hall–Kier alpha value is -1.12. The van der Waals surface area contributed by atoms with Gasteiger partial charge >= 0.3 is 20.2 Å². The maximum Gasteiger partial charge on any atom is 0.695 e. The normalized spacial score (nSPS) is 12.7. The minimum Gasteiger partial charge on any atom is -0.463 e. The molecular weight excluding hydrogens is 271 g/mol. The number of esters is 2. The van der Waals surface area contributed by atoms with E-state index >= 15 is 0 Å². The Labute approximate surface area is 103 Å². The van der Waals surface area contributed by atoms with Crippen LogP contribution in [0, 0.1) is 0 Å². The van der Waals surface area contributed by atoms with E-state index in [4.69, 9.17) is 15.1 Å². The molecule has 104 valence electrons. The van der Waals surface area contributed by atoms with E-state index in [2.05, 4.69) is 14.0 Å². The van der Waals surface area contributed by atoms with Gasteiger partial charge in [-0.2, -0.15) is 0 Å². The van der Waals surface area contributed by atoms with Crippen LogP contribution in [0.4, 0.5) is 0 Å². The van der Waals surface area contributed by atoms with E-state index in [-0.39, 0.29) is 19.8 Å². The molecule has 0 aliphatic heterocycles. The topological polar surface area (TPSA) is 140 Å². The van der Waals surface area contributed by atoms with E-state index < -0.39 is 39.3 Å². The molecule has 0 aromatic carbocycles. The van der Waals surface area contributed by atoms with Crippen LogP contribution < -0.4 is 0 Å². The quantitative estimate of drug-likeness (QED) is 0.340. The van der Waals surface area contributed by atoms with Gasteiger partial charge in [0.1, 0.15) is 13.2 Å². The second-order valence-corrected chi connectivity index (χ2v) is 3.56. The molecule has 10 heteroatoms. The first kappa shape index (κ1) is 16.9. The zero-order chi connectivity index (χ0) is 14.0. The van der Waals surface area contributed by atoms with E-state index in [9.17, 15) is 14.2 Å². The van der Waals surface area contributed by atoms with Crippen molar-refractivity contribution in [1.29, 1.82) is 0 Å². The zero-order valence-electron chi connectivity index (χ0n) is 9.35. The number of rotatable bonds is 9. The fraction of sp³-hybridized carbons (Fsp3) is 0.750. The van der Waals surface area contributed by atoms with E-state index in [1.165, 1.54) is 0 Å². The van der Waals surface area contributed by atoms with Crippen LogP contribution in [0.2, 0.25) is 0 Å². The lowest BCUT2D eigenvalue weighted by Crippen LogP contribution is -2.29. The highest BCUT2D eigenvalue weighted by atomic mass is 31.1. The summed E-state index contributed by atoms with van der Waals surface area (Å²) in [6, 6.07) is 0. The van der Waals surface area contributed by atoms with Crippen molar-refractivity contribution in [2.75, 3.05) is 26.4 Å². The highest BCUT2D eigenvalue weighted by Crippen LogP contribution is 2.21. The van der Waals surface area contributed by atoms with Gasteiger partial charge in [-0.05, 0) is 0 Å². The van der Waals surface area contributed by atoms with Crippen LogP contribution in [-0.2, 0) is 28.2 Å². The van der Waals surface area contributed by atoms with E-state index in [1.807, 2.05) is 0 Å². The first-order valence-corrected chi connectivity index (χ1v) is 6.01. The largest absolute Gasteiger partial charge is 0.695 e. The monoisotopic (exact) mass is 285 g/mol. The van der Waals surface area contributed by atoms with E-state index in [0.717, 1.165) is 0 Å². The number of aliphatic hydroxyl groups excluding tert-OH is 2. The summed E-state index contributed by atoms with van der Waals surface area (Å²) in [4.78, 5) is 30.9. The lowest BCUT2D eigenvalue weighted by molar-refractivity contribution is -0.159. The smallest absolute Gasteiger partial charge is 0.463 e. The second-order valence-electron chi connectivity index (χ2n) is 2.87. The summed E-state index contributed by atoms with van der Waals surface area (Å²) in [5, 5.41) is 16.8. The molecule has 3 N–H and O–H groups in total. The Kier molecular flexibility index (Phi) is 9.25. The predicted molar refractivity (Wildman–Crippen MR) is 55.4 cm³/mol. The summed E-state index contributed by atoms with van der Waals surface area (Å²) >= 11 is 0. The molecule has 0 bridgehead atoms. The van der Waals surface area contributed by atoms with Crippen molar-refractivity contribution < 1.29 is 43.3 Å². The number of carbonyl (C=O) groups excluding carboxylic acids is 2. The summed E-state index contributed by atoms with van der Waals surface area (Å²) in [6.07, 6.45) is -2.23. The number of ether oxygens (including phenoxy) is 2. The first-order chi connectivity index (χ1) is 8.51. The fourth-order valence-electron chi connectivity index (χ4n) is 0.881. The highest BCUT2D eigenvalue weighted by molar-refractivity contribution is 7.32. The van der Waals surface area contributed by atoms with Crippen LogP contribution >= 0.6 is 8.25 Å². The van der Waals surface area contributed by atoms with Gasteiger partial charge in [0.2, 0.25) is 6.10 Å². The zero-order valence-corrected chi connectivity index (χ0v) is 10.2. The first-order valence-electron chi connectivity index (χ1n) is 4.88. The molecule has 9 nitrogen and oxygen atoms in total. The summed E-state index contributed by atoms with van der Waals surface area (Å²) < 4.78 is 23.7. The Bertz CT molecular complexity index is 292. The van der Waals surface area contributed by atoms with Crippen molar-refractivity contribution >= 4 is 20.2 Å². The molecule has 0 aromatic rings. The van der Waals surface area contributed by atoms with Crippen LogP contribution in [0.25, 0.3) is 0 Å². The summed E-state index contributed by atoms with van der Waals surface area (Å²) in [5.41, 5.74) is 0. The summed E-state index contributed by atoms with van der Waals surface area (Å²) in [6.45, 7) is -1.41. The van der Waals surface area contributed by atoms with Crippen LogP contribution in [0.1, 0.15) is 6.42 Å². The Balaban J connectivity index is 4.33. The Morgan fingerprint density at radius 2 is 1.67 bits per heavy atom. The fourth-order valence-corrected chi connectivity index (χ4v) is 1.26. The lowest BCUT2D eigenvalue weighted by Gasteiger charge is -2.09. The molecule has 0 saturated carbocycles. The lowest BCUT2D eigenvalue weighted by atomic mass is 10.2. The number of aliphatic hydroxyl groups is 2. The van der Waals surface area contributed by atoms with Crippen molar-refractivity contribution in [3.63, 3.8) is 0 Å². The van der Waals surface area contributed by atoms with Crippen molar-refractivity contribution in [2.45, 2.75) is 12.5 Å². The molecule has 0 aromatic heterocycles. The van der Waals surface area contributed by atoms with Crippen molar-refractivity contribution in [1.82, 2.24) is 0 Å². The predicted octanol–water partition coefficient (Wildman–Crippen LogP) is -1.52. The average Bonchev–Trinajstić information content (AvgIpc) is 2.32. The molecule has 0 spiro atoms. The highest BCUT2D eigenvalue weighted by Gasteiger charge is 2.34. The minimum absolute atomic E-state index is 0.261. The van der Waals surface area contributed by atoms with Crippen LogP contribution in [0.3, 0.4) is 0 Å². The third-order valence-corrected chi connectivity index (χ3v) is 1.96. The van der Waals surface area contributed by atoms with E-state index in [0.29, 0.717) is 0 Å². The minimum atomic E-state index is -3.10. The molecular formula is C8H14O9P+. The van der Waals surface area contributed by atoms with Gasteiger partial charge in [-0.25, -0.2) is 4.79 Å². The Morgan fingerprint density at radius 1 is 1.11 bits per heavy atom.